The second-order valence-corrected chi connectivity index (χ2v) is 5.15. The zero-order valence-electron chi connectivity index (χ0n) is 12.0. The predicted octanol–water partition coefficient (Wildman–Crippen LogP) is 0.935. The average molecular weight is 263 g/mol. The normalized spacial score (nSPS) is 13.8. The van der Waals surface area contributed by atoms with Gasteiger partial charge < -0.3 is 25.1 Å². The molecule has 0 aliphatic heterocycles. The third-order valence-electron chi connectivity index (χ3n) is 2.16. The molecule has 18 heavy (non-hydrogen) atoms. The maximum absolute atomic E-state index is 9.62. The highest BCUT2D eigenvalue weighted by Gasteiger charge is 2.16. The molecule has 0 saturated carbocycles. The van der Waals surface area contributed by atoms with Gasteiger partial charge in [-0.1, -0.05) is 6.92 Å². The molecule has 0 saturated heterocycles. The van der Waals surface area contributed by atoms with Gasteiger partial charge >= 0.3 is 0 Å². The number of rotatable bonds is 12. The van der Waals surface area contributed by atoms with Crippen LogP contribution in [0.3, 0.4) is 0 Å². The van der Waals surface area contributed by atoms with Crippen molar-refractivity contribution in [2.24, 2.45) is 5.73 Å². The molecule has 110 valence electrons. The Kier molecular flexibility index (Phi) is 10.6. The van der Waals surface area contributed by atoms with Crippen LogP contribution in [0.5, 0.6) is 0 Å². The van der Waals surface area contributed by atoms with Crippen LogP contribution in [0, 0.1) is 0 Å². The summed E-state index contributed by atoms with van der Waals surface area (Å²) in [4.78, 5) is 0. The Balaban J connectivity index is 3.20. The van der Waals surface area contributed by atoms with Crippen LogP contribution in [-0.2, 0) is 14.2 Å². The Bertz CT molecular complexity index is 182. The lowest BCUT2D eigenvalue weighted by molar-refractivity contribution is -0.0148. The molecule has 0 aliphatic carbocycles. The standard InChI is InChI=1S/C13H29NO4/c1-4-5-16-6-7-17-8-9-18-11-12(15)10-13(2,3)14/h12,15H,4-11,14H2,1-3H3. The van der Waals surface area contributed by atoms with Crippen molar-refractivity contribution in [1.82, 2.24) is 0 Å². The fourth-order valence-electron chi connectivity index (χ4n) is 1.47. The van der Waals surface area contributed by atoms with Crippen LogP contribution < -0.4 is 5.73 Å². The minimum atomic E-state index is -0.516. The van der Waals surface area contributed by atoms with Crippen LogP contribution in [0.2, 0.25) is 0 Å². The minimum absolute atomic E-state index is 0.302. The van der Waals surface area contributed by atoms with Gasteiger partial charge in [-0.25, -0.2) is 0 Å². The third-order valence-corrected chi connectivity index (χ3v) is 2.16. The molecule has 0 bridgehead atoms. The number of hydrogen-bond donors (Lipinski definition) is 2. The first-order valence-electron chi connectivity index (χ1n) is 6.66. The molecule has 0 aliphatic rings. The van der Waals surface area contributed by atoms with Gasteiger partial charge in [0.1, 0.15) is 0 Å². The molecule has 0 fully saturated rings. The number of aliphatic hydroxyl groups is 1. The summed E-state index contributed by atoms with van der Waals surface area (Å²) in [6.07, 6.45) is 1.04. The zero-order chi connectivity index (χ0) is 13.9. The quantitative estimate of drug-likeness (QED) is 0.513. The second kappa shape index (κ2) is 10.7. The summed E-state index contributed by atoms with van der Waals surface area (Å²) in [5.74, 6) is 0. The highest BCUT2D eigenvalue weighted by Crippen LogP contribution is 2.07. The van der Waals surface area contributed by atoms with Crippen molar-refractivity contribution >= 4 is 0 Å². The second-order valence-electron chi connectivity index (χ2n) is 5.15. The first-order chi connectivity index (χ1) is 8.45. The summed E-state index contributed by atoms with van der Waals surface area (Å²) in [5, 5.41) is 9.62. The Labute approximate surface area is 111 Å². The van der Waals surface area contributed by atoms with E-state index in [2.05, 4.69) is 6.92 Å². The summed E-state index contributed by atoms with van der Waals surface area (Å²) >= 11 is 0. The molecule has 0 heterocycles. The first kappa shape index (κ1) is 17.8. The fourth-order valence-corrected chi connectivity index (χ4v) is 1.47. The molecule has 0 aromatic carbocycles. The summed E-state index contributed by atoms with van der Waals surface area (Å²) in [6.45, 7) is 9.13. The van der Waals surface area contributed by atoms with E-state index in [1.165, 1.54) is 0 Å². The van der Waals surface area contributed by atoms with Crippen molar-refractivity contribution in [3.8, 4) is 0 Å². The number of nitrogens with two attached hydrogens (primary N) is 1. The van der Waals surface area contributed by atoms with Gasteiger partial charge in [-0.05, 0) is 26.7 Å². The van der Waals surface area contributed by atoms with E-state index < -0.39 is 6.10 Å². The Morgan fingerprint density at radius 1 is 1.00 bits per heavy atom. The average Bonchev–Trinajstić information content (AvgIpc) is 2.24. The smallest absolute Gasteiger partial charge is 0.0790 e. The maximum atomic E-state index is 9.62. The van der Waals surface area contributed by atoms with E-state index in [1.807, 2.05) is 13.8 Å². The molecule has 3 N–H and O–H groups in total. The molecule has 1 unspecified atom stereocenters. The molecule has 0 aromatic heterocycles. The molecular formula is C13H29NO4. The monoisotopic (exact) mass is 263 g/mol. The summed E-state index contributed by atoms with van der Waals surface area (Å²) in [7, 11) is 0. The van der Waals surface area contributed by atoms with Gasteiger partial charge in [-0.2, -0.15) is 0 Å². The Hall–Kier alpha value is -0.200. The molecule has 0 amide bonds. The summed E-state index contributed by atoms with van der Waals surface area (Å²) < 4.78 is 15.9. The van der Waals surface area contributed by atoms with Gasteiger partial charge in [-0.3, -0.25) is 0 Å². The lowest BCUT2D eigenvalue weighted by Crippen LogP contribution is -2.37. The lowest BCUT2D eigenvalue weighted by atomic mass is 9.99. The van der Waals surface area contributed by atoms with E-state index >= 15 is 0 Å². The summed E-state index contributed by atoms with van der Waals surface area (Å²) in [6, 6.07) is 0. The number of ether oxygens (including phenoxy) is 3. The van der Waals surface area contributed by atoms with Crippen molar-refractivity contribution in [1.29, 1.82) is 0 Å². The van der Waals surface area contributed by atoms with Gasteiger partial charge in [-0.15, -0.1) is 0 Å². The molecular weight excluding hydrogens is 234 g/mol. The van der Waals surface area contributed by atoms with E-state index in [0.29, 0.717) is 39.5 Å². The number of hydrogen-bond acceptors (Lipinski definition) is 5. The summed E-state index contributed by atoms with van der Waals surface area (Å²) in [5.41, 5.74) is 5.43. The van der Waals surface area contributed by atoms with Crippen LogP contribution >= 0.6 is 0 Å². The number of aliphatic hydroxyl groups excluding tert-OH is 1. The Morgan fingerprint density at radius 3 is 2.00 bits per heavy atom. The third kappa shape index (κ3) is 13.9. The minimum Gasteiger partial charge on any atom is -0.391 e. The molecule has 1 atom stereocenters. The highest BCUT2D eigenvalue weighted by atomic mass is 16.5. The van der Waals surface area contributed by atoms with E-state index in [4.69, 9.17) is 19.9 Å². The molecule has 5 nitrogen and oxygen atoms in total. The first-order valence-corrected chi connectivity index (χ1v) is 6.66. The van der Waals surface area contributed by atoms with E-state index in [0.717, 1.165) is 13.0 Å². The van der Waals surface area contributed by atoms with Gasteiger partial charge in [0.2, 0.25) is 0 Å². The van der Waals surface area contributed by atoms with Crippen LogP contribution in [0.1, 0.15) is 33.6 Å². The van der Waals surface area contributed by atoms with Crippen LogP contribution in [-0.4, -0.2) is 56.4 Å². The van der Waals surface area contributed by atoms with Gasteiger partial charge in [0.25, 0.3) is 0 Å². The lowest BCUT2D eigenvalue weighted by Gasteiger charge is -2.22. The van der Waals surface area contributed by atoms with Gasteiger partial charge in [0, 0.05) is 12.1 Å². The van der Waals surface area contributed by atoms with Crippen LogP contribution in [0.15, 0.2) is 0 Å². The molecule has 0 spiro atoms. The molecule has 0 rings (SSSR count). The molecule has 0 aromatic rings. The van der Waals surface area contributed by atoms with E-state index in [1.54, 1.807) is 0 Å². The van der Waals surface area contributed by atoms with Crippen LogP contribution in [0.25, 0.3) is 0 Å². The van der Waals surface area contributed by atoms with Crippen LogP contribution in [0.4, 0.5) is 0 Å². The Morgan fingerprint density at radius 2 is 1.50 bits per heavy atom. The SMILES string of the molecule is CCCOCCOCCOCC(O)CC(C)(C)N. The van der Waals surface area contributed by atoms with Crippen molar-refractivity contribution in [2.75, 3.05) is 39.6 Å². The van der Waals surface area contributed by atoms with Crippen molar-refractivity contribution in [2.45, 2.75) is 45.3 Å². The molecule has 5 heteroatoms. The van der Waals surface area contributed by atoms with Crippen molar-refractivity contribution < 1.29 is 19.3 Å². The topological polar surface area (TPSA) is 73.9 Å². The highest BCUT2D eigenvalue weighted by molar-refractivity contribution is 4.75. The van der Waals surface area contributed by atoms with E-state index in [-0.39, 0.29) is 5.54 Å². The maximum Gasteiger partial charge on any atom is 0.0790 e. The molecule has 0 radical (unpaired) electrons. The van der Waals surface area contributed by atoms with E-state index in [9.17, 15) is 5.11 Å². The zero-order valence-corrected chi connectivity index (χ0v) is 12.0. The largest absolute Gasteiger partial charge is 0.391 e. The fraction of sp³-hybridized carbons (Fsp3) is 1.00. The van der Waals surface area contributed by atoms with Gasteiger partial charge in [0.05, 0.1) is 39.1 Å². The van der Waals surface area contributed by atoms with Crippen molar-refractivity contribution in [3.05, 3.63) is 0 Å². The van der Waals surface area contributed by atoms with Crippen molar-refractivity contribution in [3.63, 3.8) is 0 Å². The van der Waals surface area contributed by atoms with Gasteiger partial charge in [0.15, 0.2) is 0 Å². The predicted molar refractivity (Wildman–Crippen MR) is 71.6 cm³/mol.